The largest absolute Gasteiger partial charge is 0.445 e. The molecule has 0 aliphatic carbocycles. The van der Waals surface area contributed by atoms with Crippen LogP contribution in [0.5, 0.6) is 0 Å². The van der Waals surface area contributed by atoms with Crippen LogP contribution in [0.2, 0.25) is 0 Å². The second-order valence-corrected chi connectivity index (χ2v) is 8.47. The van der Waals surface area contributed by atoms with Crippen molar-refractivity contribution in [3.05, 3.63) is 56.7 Å². The summed E-state index contributed by atoms with van der Waals surface area (Å²) in [4.78, 5) is 53.0. The molecule has 1 fully saturated rings. The number of piperidine rings is 1. The summed E-state index contributed by atoms with van der Waals surface area (Å²) in [6.07, 6.45) is 2.98. The molecule has 0 radical (unpaired) electrons. The Morgan fingerprint density at radius 2 is 1.85 bits per heavy atom. The molecule has 1 aromatic carbocycles. The molecule has 1 saturated heterocycles. The number of aromatic amines is 1. The number of hydrogen-bond acceptors (Lipinski definition) is 6. The molecule has 0 atom stereocenters. The van der Waals surface area contributed by atoms with Crippen LogP contribution in [0.1, 0.15) is 37.7 Å². The number of H-pyrrole nitrogens is 1. The number of nitrogens with zero attached hydrogens (tertiary/aromatic N) is 2. The predicted molar refractivity (Wildman–Crippen MR) is 123 cm³/mol. The number of nitrogens with one attached hydrogen (secondary N) is 3. The molecule has 2 aliphatic rings. The summed E-state index contributed by atoms with van der Waals surface area (Å²) in [5.41, 5.74) is -0.0359. The lowest BCUT2D eigenvalue weighted by Gasteiger charge is -2.31. The van der Waals surface area contributed by atoms with Gasteiger partial charge < -0.3 is 20.3 Å². The molecule has 2 aromatic rings. The molecule has 0 saturated carbocycles. The van der Waals surface area contributed by atoms with Crippen LogP contribution in [0.15, 0.2) is 39.9 Å². The van der Waals surface area contributed by atoms with Gasteiger partial charge in [0.05, 0.1) is 0 Å². The standard InChI is InChI=1S/C23H29N5O5/c29-18(25-19-20-24-11-4-12-28(20)22(31)26-21(19)30)8-7-16-9-13-27(14-10-16)23(32)33-15-17-5-2-1-3-6-17/h1-3,5-6,16,24H,4,7-15H2,(H,25,29)(H,26,30,31). The van der Waals surface area contributed by atoms with Crippen molar-refractivity contribution in [2.75, 3.05) is 30.3 Å². The Balaban J connectivity index is 1.23. The van der Waals surface area contributed by atoms with Crippen LogP contribution in [0.25, 0.3) is 0 Å². The van der Waals surface area contributed by atoms with Gasteiger partial charge in [-0.1, -0.05) is 30.3 Å². The number of carbonyl (C=O) groups is 2. The number of ether oxygens (including phenoxy) is 1. The van der Waals surface area contributed by atoms with Gasteiger partial charge in [-0.25, -0.2) is 9.59 Å². The fourth-order valence-corrected chi connectivity index (χ4v) is 4.28. The Labute approximate surface area is 190 Å². The third-order valence-corrected chi connectivity index (χ3v) is 6.17. The minimum atomic E-state index is -0.601. The van der Waals surface area contributed by atoms with Crippen LogP contribution in [0, 0.1) is 5.92 Å². The van der Waals surface area contributed by atoms with Crippen LogP contribution >= 0.6 is 0 Å². The van der Waals surface area contributed by atoms with Gasteiger partial charge in [-0.3, -0.25) is 19.1 Å². The van der Waals surface area contributed by atoms with Crippen LogP contribution in [-0.4, -0.2) is 46.1 Å². The fraction of sp³-hybridized carbons (Fsp3) is 0.478. The maximum Gasteiger partial charge on any atom is 0.410 e. The van der Waals surface area contributed by atoms with E-state index in [1.54, 1.807) is 4.90 Å². The first kappa shape index (κ1) is 22.6. The first-order valence-electron chi connectivity index (χ1n) is 11.4. The lowest BCUT2D eigenvalue weighted by atomic mass is 9.92. The number of fused-ring (bicyclic) bond motifs is 1. The Kier molecular flexibility index (Phi) is 7.11. The second-order valence-electron chi connectivity index (χ2n) is 8.47. The highest BCUT2D eigenvalue weighted by atomic mass is 16.6. The van der Waals surface area contributed by atoms with Crippen LogP contribution in [0.4, 0.5) is 16.3 Å². The zero-order valence-electron chi connectivity index (χ0n) is 18.5. The summed E-state index contributed by atoms with van der Waals surface area (Å²) in [6, 6.07) is 9.56. The predicted octanol–water partition coefficient (Wildman–Crippen LogP) is 2.12. The van der Waals surface area contributed by atoms with E-state index in [0.29, 0.717) is 44.3 Å². The summed E-state index contributed by atoms with van der Waals surface area (Å²) in [7, 11) is 0. The molecule has 3 heterocycles. The van der Waals surface area contributed by atoms with Gasteiger partial charge in [0.25, 0.3) is 5.56 Å². The van der Waals surface area contributed by atoms with Gasteiger partial charge >= 0.3 is 11.8 Å². The van der Waals surface area contributed by atoms with Gasteiger partial charge in [0.2, 0.25) is 5.91 Å². The maximum atomic E-state index is 12.5. The van der Waals surface area contributed by atoms with Gasteiger partial charge in [0, 0.05) is 32.6 Å². The topological polar surface area (TPSA) is 126 Å². The van der Waals surface area contributed by atoms with E-state index >= 15 is 0 Å². The minimum absolute atomic E-state index is 0.0929. The molecule has 2 amide bonds. The molecule has 33 heavy (non-hydrogen) atoms. The number of likely N-dealkylation sites (tertiary alicyclic amines) is 1. The monoisotopic (exact) mass is 455 g/mol. The minimum Gasteiger partial charge on any atom is -0.445 e. The van der Waals surface area contributed by atoms with E-state index < -0.39 is 11.2 Å². The Morgan fingerprint density at radius 3 is 2.61 bits per heavy atom. The van der Waals surface area contributed by atoms with Crippen molar-refractivity contribution in [3.63, 3.8) is 0 Å². The molecule has 3 N–H and O–H groups in total. The first-order chi connectivity index (χ1) is 16.0. The average molecular weight is 456 g/mol. The van der Waals surface area contributed by atoms with E-state index in [1.807, 2.05) is 30.3 Å². The number of aromatic nitrogens is 2. The molecular weight excluding hydrogens is 426 g/mol. The smallest absolute Gasteiger partial charge is 0.410 e. The molecule has 2 aliphatic heterocycles. The van der Waals surface area contributed by atoms with Crippen LogP contribution in [0.3, 0.4) is 0 Å². The van der Waals surface area contributed by atoms with Crippen molar-refractivity contribution >= 4 is 23.5 Å². The quantitative estimate of drug-likeness (QED) is 0.613. The van der Waals surface area contributed by atoms with Crippen molar-refractivity contribution in [1.29, 1.82) is 0 Å². The zero-order valence-corrected chi connectivity index (χ0v) is 18.5. The molecule has 0 spiro atoms. The lowest BCUT2D eigenvalue weighted by molar-refractivity contribution is -0.116. The van der Waals surface area contributed by atoms with Crippen molar-refractivity contribution in [2.24, 2.45) is 5.92 Å². The SMILES string of the molecule is O=C(CCC1CCN(C(=O)OCc2ccccc2)CC1)Nc1c2n(c(=O)[nH]c1=O)CCCN2. The lowest BCUT2D eigenvalue weighted by Crippen LogP contribution is -2.39. The molecular formula is C23H29N5O5. The number of carbonyl (C=O) groups excluding carboxylic acids is 2. The number of anilines is 2. The van der Waals surface area contributed by atoms with E-state index in [4.69, 9.17) is 4.74 Å². The Hall–Kier alpha value is -3.56. The molecule has 1 aromatic heterocycles. The van der Waals surface area contributed by atoms with Gasteiger partial charge in [-0.2, -0.15) is 0 Å². The third-order valence-electron chi connectivity index (χ3n) is 6.17. The second kappa shape index (κ2) is 10.4. The zero-order chi connectivity index (χ0) is 23.2. The summed E-state index contributed by atoms with van der Waals surface area (Å²) in [5, 5.41) is 5.71. The number of amides is 2. The molecule has 0 unspecified atom stereocenters. The normalized spacial score (nSPS) is 15.9. The van der Waals surface area contributed by atoms with Crippen LogP contribution in [-0.2, 0) is 22.7 Å². The highest BCUT2D eigenvalue weighted by Gasteiger charge is 2.25. The Bertz CT molecular complexity index is 1100. The van der Waals surface area contributed by atoms with E-state index in [-0.39, 0.29) is 30.7 Å². The van der Waals surface area contributed by atoms with E-state index in [9.17, 15) is 19.2 Å². The van der Waals surface area contributed by atoms with Crippen molar-refractivity contribution in [1.82, 2.24) is 14.5 Å². The summed E-state index contributed by atoms with van der Waals surface area (Å²) >= 11 is 0. The molecule has 10 nitrogen and oxygen atoms in total. The van der Waals surface area contributed by atoms with Crippen molar-refractivity contribution in [3.8, 4) is 0 Å². The molecule has 176 valence electrons. The van der Waals surface area contributed by atoms with Gasteiger partial charge in [-0.05, 0) is 37.2 Å². The van der Waals surface area contributed by atoms with Crippen LogP contribution < -0.4 is 21.9 Å². The Morgan fingerprint density at radius 1 is 1.09 bits per heavy atom. The highest BCUT2D eigenvalue weighted by molar-refractivity contribution is 5.93. The average Bonchev–Trinajstić information content (AvgIpc) is 2.85. The summed E-state index contributed by atoms with van der Waals surface area (Å²) in [5.74, 6) is 0.419. The molecule has 10 heteroatoms. The highest BCUT2D eigenvalue weighted by Crippen LogP contribution is 2.24. The van der Waals surface area contributed by atoms with Gasteiger partial charge in [-0.15, -0.1) is 0 Å². The summed E-state index contributed by atoms with van der Waals surface area (Å²) < 4.78 is 6.83. The van der Waals surface area contributed by atoms with Gasteiger partial charge in [0.1, 0.15) is 18.1 Å². The maximum absolute atomic E-state index is 12.5. The van der Waals surface area contributed by atoms with Crippen molar-refractivity contribution in [2.45, 2.75) is 45.3 Å². The number of hydrogen-bond donors (Lipinski definition) is 3. The number of benzene rings is 1. The summed E-state index contributed by atoms with van der Waals surface area (Å²) in [6.45, 7) is 2.57. The third kappa shape index (κ3) is 5.63. The first-order valence-corrected chi connectivity index (χ1v) is 11.4. The van der Waals surface area contributed by atoms with E-state index in [0.717, 1.165) is 24.8 Å². The fourth-order valence-electron chi connectivity index (χ4n) is 4.28. The van der Waals surface area contributed by atoms with Crippen molar-refractivity contribution < 1.29 is 14.3 Å². The van der Waals surface area contributed by atoms with E-state index in [1.165, 1.54) is 4.57 Å². The molecule has 0 bridgehead atoms. The van der Waals surface area contributed by atoms with E-state index in [2.05, 4.69) is 15.6 Å². The molecule has 4 rings (SSSR count). The van der Waals surface area contributed by atoms with Gasteiger partial charge in [0.15, 0.2) is 0 Å². The number of rotatable bonds is 6.